The average molecular weight is 486 g/mol. The first-order valence-electron chi connectivity index (χ1n) is 10.6. The highest BCUT2D eigenvalue weighted by molar-refractivity contribution is 7.89. The smallest absolute Gasteiger partial charge is 0.243 e. The van der Waals surface area contributed by atoms with Gasteiger partial charge < -0.3 is 9.15 Å². The first-order chi connectivity index (χ1) is 15.7. The summed E-state index contributed by atoms with van der Waals surface area (Å²) in [5.74, 6) is 0.103. The highest BCUT2D eigenvalue weighted by Crippen LogP contribution is 2.30. The van der Waals surface area contributed by atoms with Crippen LogP contribution in [0.1, 0.15) is 35.1 Å². The maximum absolute atomic E-state index is 13.0. The number of thiazole rings is 1. The van der Waals surface area contributed by atoms with Crippen LogP contribution in [0.3, 0.4) is 0 Å². The van der Waals surface area contributed by atoms with Crippen molar-refractivity contribution in [3.8, 4) is 0 Å². The summed E-state index contributed by atoms with van der Waals surface area (Å²) in [6.45, 7) is 6.24. The topological polar surface area (TPSA) is 103 Å². The Labute approximate surface area is 195 Å². The van der Waals surface area contributed by atoms with Crippen LogP contribution < -0.4 is 0 Å². The minimum absolute atomic E-state index is 0.0239. The average Bonchev–Trinajstić information content (AvgIpc) is 3.35. The van der Waals surface area contributed by atoms with Gasteiger partial charge in [-0.3, -0.25) is 4.79 Å². The normalized spacial score (nSPS) is 20.0. The summed E-state index contributed by atoms with van der Waals surface area (Å²) >= 11 is 1.58. The Hall–Kier alpha value is -2.66. The van der Waals surface area contributed by atoms with Crippen LogP contribution in [0.5, 0.6) is 0 Å². The number of carbonyl (C=O) groups is 1. The molecule has 0 bridgehead atoms. The predicted molar refractivity (Wildman–Crippen MR) is 125 cm³/mol. The van der Waals surface area contributed by atoms with Gasteiger partial charge in [-0.25, -0.2) is 18.4 Å². The number of hydrogen-bond donors (Lipinski definition) is 0. The lowest BCUT2D eigenvalue weighted by Gasteiger charge is -2.34. The van der Waals surface area contributed by atoms with Gasteiger partial charge in [0, 0.05) is 18.7 Å². The van der Waals surface area contributed by atoms with Crippen molar-refractivity contribution in [3.05, 3.63) is 52.9 Å². The van der Waals surface area contributed by atoms with E-state index >= 15 is 0 Å². The fourth-order valence-electron chi connectivity index (χ4n) is 4.14. The van der Waals surface area contributed by atoms with E-state index in [-0.39, 0.29) is 29.3 Å². The summed E-state index contributed by atoms with van der Waals surface area (Å²) in [5, 5.41) is 0.933. The number of ketones is 1. The third kappa shape index (κ3) is 4.19. The second-order valence-corrected chi connectivity index (χ2v) is 11.5. The van der Waals surface area contributed by atoms with E-state index in [4.69, 9.17) is 9.15 Å². The number of hydrogen-bond acceptors (Lipinski definition) is 8. The number of ether oxygens (including phenoxy) is 1. The van der Waals surface area contributed by atoms with Gasteiger partial charge in [-0.2, -0.15) is 4.31 Å². The molecule has 0 saturated carbocycles. The van der Waals surface area contributed by atoms with Crippen LogP contribution in [0, 0.1) is 6.92 Å². The van der Waals surface area contributed by atoms with E-state index in [2.05, 4.69) is 9.97 Å². The minimum atomic E-state index is -3.66. The van der Waals surface area contributed by atoms with Gasteiger partial charge in [-0.15, -0.1) is 11.3 Å². The van der Waals surface area contributed by atoms with Gasteiger partial charge in [0.25, 0.3) is 0 Å². The summed E-state index contributed by atoms with van der Waals surface area (Å²) in [6, 6.07) is 9.83. The van der Waals surface area contributed by atoms with Gasteiger partial charge in [0.05, 0.1) is 33.2 Å². The largest absolute Gasteiger partial charge is 0.438 e. The monoisotopic (exact) mass is 485 g/mol. The van der Waals surface area contributed by atoms with Crippen molar-refractivity contribution in [2.24, 2.45) is 0 Å². The first-order valence-corrected chi connectivity index (χ1v) is 12.9. The molecule has 0 amide bonds. The van der Waals surface area contributed by atoms with Gasteiger partial charge in [0.1, 0.15) is 11.0 Å². The van der Waals surface area contributed by atoms with Gasteiger partial charge in [0.15, 0.2) is 11.4 Å². The second kappa shape index (κ2) is 8.28. The molecule has 10 heteroatoms. The Morgan fingerprint density at radius 3 is 2.48 bits per heavy atom. The maximum atomic E-state index is 13.0. The molecule has 3 heterocycles. The van der Waals surface area contributed by atoms with E-state index in [9.17, 15) is 13.2 Å². The molecule has 4 aromatic rings. The van der Waals surface area contributed by atoms with Crippen LogP contribution in [0.15, 0.2) is 45.7 Å². The fraction of sp³-hybridized carbons (Fsp3) is 0.348. The highest BCUT2D eigenvalue weighted by Gasteiger charge is 2.32. The van der Waals surface area contributed by atoms with Gasteiger partial charge >= 0.3 is 0 Å². The van der Waals surface area contributed by atoms with E-state index in [1.165, 1.54) is 28.6 Å². The zero-order valence-corrected chi connectivity index (χ0v) is 20.1. The number of carbonyl (C=O) groups excluding carboxylic acids is 1. The van der Waals surface area contributed by atoms with Gasteiger partial charge in [0.2, 0.25) is 15.9 Å². The highest BCUT2D eigenvalue weighted by atomic mass is 32.2. The Balaban J connectivity index is 1.35. The number of fused-ring (bicyclic) bond motifs is 3. The lowest BCUT2D eigenvalue weighted by molar-refractivity contribution is -0.0440. The molecule has 0 aliphatic carbocycles. The standard InChI is InChI=1S/C23H23N3O5S2/c1-13-11-26(12-14(2)30-13)33(28,29)17-6-4-16(5-7-17)19(27)10-21-25-18-8-9-20-22(23(18)31-21)24-15(3)32-20/h4-9,13-14H,10-12H2,1-3H3. The molecule has 1 fully saturated rings. The molecule has 0 N–H and O–H groups in total. The number of aromatic nitrogens is 2. The number of aryl methyl sites for hydroxylation is 1. The number of Topliss-reactive ketones (excluding diaryl/α,β-unsaturated/α-hetero) is 1. The summed E-state index contributed by atoms with van der Waals surface area (Å²) in [4.78, 5) is 21.9. The molecule has 0 spiro atoms. The van der Waals surface area contributed by atoms with Crippen molar-refractivity contribution in [1.29, 1.82) is 0 Å². The van der Waals surface area contributed by atoms with Crippen LogP contribution in [0.4, 0.5) is 0 Å². The number of oxazole rings is 1. The molecule has 1 aliphatic rings. The lowest BCUT2D eigenvalue weighted by atomic mass is 10.1. The summed E-state index contributed by atoms with van der Waals surface area (Å²) in [5.41, 5.74) is 2.39. The SMILES string of the molecule is Cc1nc2c(ccc3nc(CC(=O)c4ccc(S(=O)(=O)N5CC(C)OC(C)C5)cc4)oc32)s1. The molecule has 5 rings (SSSR count). The number of nitrogens with zero attached hydrogens (tertiary/aromatic N) is 3. The molecule has 0 radical (unpaired) electrons. The van der Waals surface area contributed by atoms with E-state index in [0.717, 1.165) is 15.2 Å². The summed E-state index contributed by atoms with van der Waals surface area (Å²) in [7, 11) is -3.66. The molecule has 33 heavy (non-hydrogen) atoms. The molecule has 2 aromatic heterocycles. The maximum Gasteiger partial charge on any atom is 0.243 e. The number of rotatable bonds is 5. The van der Waals surface area contributed by atoms with Crippen molar-refractivity contribution in [2.75, 3.05) is 13.1 Å². The molecular formula is C23H23N3O5S2. The van der Waals surface area contributed by atoms with Crippen molar-refractivity contribution >= 4 is 48.5 Å². The van der Waals surface area contributed by atoms with Gasteiger partial charge in [-0.1, -0.05) is 12.1 Å². The van der Waals surface area contributed by atoms with E-state index < -0.39 is 10.0 Å². The van der Waals surface area contributed by atoms with Crippen molar-refractivity contribution in [1.82, 2.24) is 14.3 Å². The zero-order valence-electron chi connectivity index (χ0n) is 18.4. The predicted octanol–water partition coefficient (Wildman–Crippen LogP) is 3.97. The third-order valence-electron chi connectivity index (χ3n) is 5.58. The Kier molecular flexibility index (Phi) is 5.56. The Morgan fingerprint density at radius 2 is 1.79 bits per heavy atom. The first kappa shape index (κ1) is 22.1. The number of morpholine rings is 1. The Morgan fingerprint density at radius 1 is 1.09 bits per heavy atom. The van der Waals surface area contributed by atoms with E-state index in [1.54, 1.807) is 11.3 Å². The molecule has 2 aromatic carbocycles. The number of sulfonamides is 1. The van der Waals surface area contributed by atoms with Crippen molar-refractivity contribution < 1.29 is 22.4 Å². The van der Waals surface area contributed by atoms with Crippen LogP contribution >= 0.6 is 11.3 Å². The summed E-state index contributed by atoms with van der Waals surface area (Å²) < 4.78 is 40.0. The van der Waals surface area contributed by atoms with Crippen molar-refractivity contribution in [3.63, 3.8) is 0 Å². The molecule has 2 unspecified atom stereocenters. The molecule has 2 atom stereocenters. The van der Waals surface area contributed by atoms with Crippen LogP contribution in [0.25, 0.3) is 21.3 Å². The van der Waals surface area contributed by atoms with Crippen LogP contribution in [-0.2, 0) is 21.2 Å². The van der Waals surface area contributed by atoms with E-state index in [1.807, 2.05) is 32.9 Å². The molecule has 8 nitrogen and oxygen atoms in total. The minimum Gasteiger partial charge on any atom is -0.438 e. The zero-order chi connectivity index (χ0) is 23.3. The van der Waals surface area contributed by atoms with Crippen molar-refractivity contribution in [2.45, 2.75) is 44.3 Å². The van der Waals surface area contributed by atoms with Crippen LogP contribution in [0.2, 0.25) is 0 Å². The third-order valence-corrected chi connectivity index (χ3v) is 8.36. The summed E-state index contributed by atoms with van der Waals surface area (Å²) in [6.07, 6.45) is -0.366. The second-order valence-electron chi connectivity index (χ2n) is 8.30. The number of benzene rings is 2. The molecular weight excluding hydrogens is 462 g/mol. The van der Waals surface area contributed by atoms with E-state index in [0.29, 0.717) is 35.6 Å². The lowest BCUT2D eigenvalue weighted by Crippen LogP contribution is -2.48. The quantitative estimate of drug-likeness (QED) is 0.394. The molecule has 1 saturated heterocycles. The fourth-order valence-corrected chi connectivity index (χ4v) is 6.55. The molecule has 172 valence electrons. The van der Waals surface area contributed by atoms with Crippen LogP contribution in [-0.4, -0.2) is 53.8 Å². The molecule has 1 aliphatic heterocycles. The van der Waals surface area contributed by atoms with Gasteiger partial charge in [-0.05, 0) is 45.0 Å². The Bertz CT molecular complexity index is 1450.